The van der Waals surface area contributed by atoms with E-state index in [-0.39, 0.29) is 0 Å². The Morgan fingerprint density at radius 1 is 1.80 bits per heavy atom. The molecular weight excluding hydrogens is 128 g/mol. The highest BCUT2D eigenvalue weighted by molar-refractivity contribution is 4.93. The van der Waals surface area contributed by atoms with Crippen LogP contribution in [0.25, 0.3) is 0 Å². The largest absolute Gasteiger partial charge is 0.388 e. The van der Waals surface area contributed by atoms with Crippen molar-refractivity contribution in [1.29, 1.82) is 5.26 Å². The van der Waals surface area contributed by atoms with E-state index in [4.69, 9.17) is 5.26 Å². The number of rotatable bonds is 3. The van der Waals surface area contributed by atoms with Gasteiger partial charge in [-0.1, -0.05) is 0 Å². The molecule has 1 rings (SSSR count). The van der Waals surface area contributed by atoms with Gasteiger partial charge in [0.15, 0.2) is 6.19 Å². The van der Waals surface area contributed by atoms with Gasteiger partial charge in [-0.3, -0.25) is 0 Å². The van der Waals surface area contributed by atoms with E-state index in [1.807, 2.05) is 0 Å². The number of hydrogen-bond donors (Lipinski definition) is 2. The molecule has 0 aliphatic heterocycles. The van der Waals surface area contributed by atoms with Gasteiger partial charge in [0.05, 0.1) is 12.1 Å². The maximum atomic E-state index is 9.57. The number of hydrogen-bond acceptors (Lipinski definition) is 3. The summed E-state index contributed by atoms with van der Waals surface area (Å²) in [5, 5.41) is 20.2. The first-order chi connectivity index (χ1) is 4.67. The second-order valence-electron chi connectivity index (χ2n) is 3.10. The van der Waals surface area contributed by atoms with E-state index in [0.717, 1.165) is 12.8 Å². The summed E-state index contributed by atoms with van der Waals surface area (Å²) in [6.07, 6.45) is 3.99. The lowest BCUT2D eigenvalue weighted by Crippen LogP contribution is -2.37. The van der Waals surface area contributed by atoms with Crippen LogP contribution in [0.2, 0.25) is 0 Å². The van der Waals surface area contributed by atoms with Crippen LogP contribution in [0.5, 0.6) is 0 Å². The summed E-state index contributed by atoms with van der Waals surface area (Å²) in [5.41, 5.74) is -0.671. The fraction of sp³-hybridized carbons (Fsp3) is 0.857. The topological polar surface area (TPSA) is 56.0 Å². The highest BCUT2D eigenvalue weighted by atomic mass is 16.3. The minimum atomic E-state index is -0.671. The number of aliphatic hydroxyl groups is 1. The van der Waals surface area contributed by atoms with Crippen LogP contribution in [0.15, 0.2) is 0 Å². The zero-order valence-electron chi connectivity index (χ0n) is 6.09. The maximum absolute atomic E-state index is 9.57. The quantitative estimate of drug-likeness (QED) is 0.435. The molecule has 0 aromatic heterocycles. The fourth-order valence-electron chi connectivity index (χ4n) is 1.07. The van der Waals surface area contributed by atoms with Crippen molar-refractivity contribution < 1.29 is 5.11 Å². The van der Waals surface area contributed by atoms with Crippen molar-refractivity contribution >= 4 is 0 Å². The highest BCUT2D eigenvalue weighted by Gasteiger charge is 2.39. The Labute approximate surface area is 60.7 Å². The molecule has 10 heavy (non-hydrogen) atoms. The van der Waals surface area contributed by atoms with Gasteiger partial charge in [-0.2, -0.15) is 5.26 Å². The second-order valence-corrected chi connectivity index (χ2v) is 3.10. The van der Waals surface area contributed by atoms with Crippen molar-refractivity contribution in [3.8, 4) is 6.19 Å². The Morgan fingerprint density at radius 3 is 2.80 bits per heavy atom. The minimum Gasteiger partial charge on any atom is -0.388 e. The summed E-state index contributed by atoms with van der Waals surface area (Å²) in [6, 6.07) is 0. The van der Waals surface area contributed by atoms with Crippen molar-refractivity contribution in [2.45, 2.75) is 25.4 Å². The van der Waals surface area contributed by atoms with Crippen LogP contribution in [0.1, 0.15) is 19.8 Å². The molecule has 3 heteroatoms. The Balaban J connectivity index is 2.29. The Hall–Kier alpha value is -0.750. The minimum absolute atomic E-state index is 0.383. The molecule has 1 saturated carbocycles. The van der Waals surface area contributed by atoms with Crippen LogP contribution < -0.4 is 5.32 Å². The molecule has 1 aliphatic rings. The van der Waals surface area contributed by atoms with E-state index < -0.39 is 5.60 Å². The lowest BCUT2D eigenvalue weighted by molar-refractivity contribution is 0.0407. The molecule has 1 atom stereocenters. The Bertz CT molecular complexity index is 155. The summed E-state index contributed by atoms with van der Waals surface area (Å²) >= 11 is 0. The Kier molecular flexibility index (Phi) is 1.82. The molecule has 1 aliphatic carbocycles. The molecular formula is C7H12N2O. The van der Waals surface area contributed by atoms with Gasteiger partial charge >= 0.3 is 0 Å². The van der Waals surface area contributed by atoms with Gasteiger partial charge in [0.25, 0.3) is 0 Å². The van der Waals surface area contributed by atoms with Crippen molar-refractivity contribution in [3.05, 3.63) is 0 Å². The average Bonchev–Trinajstić information content (AvgIpc) is 2.64. The normalized spacial score (nSPS) is 22.9. The van der Waals surface area contributed by atoms with E-state index in [2.05, 4.69) is 5.32 Å². The number of nitriles is 1. The monoisotopic (exact) mass is 140 g/mol. The summed E-state index contributed by atoms with van der Waals surface area (Å²) in [6.45, 7) is 2.16. The summed E-state index contributed by atoms with van der Waals surface area (Å²) in [7, 11) is 0. The van der Waals surface area contributed by atoms with Crippen LogP contribution in [-0.4, -0.2) is 17.3 Å². The van der Waals surface area contributed by atoms with Crippen molar-refractivity contribution in [1.82, 2.24) is 5.32 Å². The van der Waals surface area contributed by atoms with Gasteiger partial charge < -0.3 is 10.4 Å². The van der Waals surface area contributed by atoms with Crippen LogP contribution in [0, 0.1) is 17.4 Å². The fourth-order valence-corrected chi connectivity index (χ4v) is 1.07. The molecule has 56 valence electrons. The van der Waals surface area contributed by atoms with Crippen molar-refractivity contribution in [2.24, 2.45) is 5.92 Å². The Morgan fingerprint density at radius 2 is 2.40 bits per heavy atom. The third kappa shape index (κ3) is 1.61. The SMILES string of the molecule is CC(O)(CNC#N)C1CC1. The standard InChI is InChI=1S/C7H12N2O/c1-7(10,4-9-5-8)6-2-3-6/h6,9-10H,2-4H2,1H3. The second kappa shape index (κ2) is 2.47. The molecule has 0 spiro atoms. The molecule has 2 N–H and O–H groups in total. The first-order valence-electron chi connectivity index (χ1n) is 3.51. The van der Waals surface area contributed by atoms with Crippen LogP contribution >= 0.6 is 0 Å². The zero-order valence-corrected chi connectivity index (χ0v) is 6.09. The third-order valence-corrected chi connectivity index (χ3v) is 1.98. The van der Waals surface area contributed by atoms with E-state index in [0.29, 0.717) is 12.5 Å². The van der Waals surface area contributed by atoms with Gasteiger partial charge in [-0.15, -0.1) is 0 Å². The van der Waals surface area contributed by atoms with E-state index >= 15 is 0 Å². The van der Waals surface area contributed by atoms with Gasteiger partial charge in [0, 0.05) is 0 Å². The molecule has 0 amide bonds. The lowest BCUT2D eigenvalue weighted by Gasteiger charge is -2.21. The van der Waals surface area contributed by atoms with Crippen molar-refractivity contribution in [2.75, 3.05) is 6.54 Å². The third-order valence-electron chi connectivity index (χ3n) is 1.98. The van der Waals surface area contributed by atoms with Crippen LogP contribution in [0.4, 0.5) is 0 Å². The summed E-state index contributed by atoms with van der Waals surface area (Å²) in [5.74, 6) is 0.411. The van der Waals surface area contributed by atoms with Crippen LogP contribution in [0.3, 0.4) is 0 Å². The highest BCUT2D eigenvalue weighted by Crippen LogP contribution is 2.38. The average molecular weight is 140 g/mol. The molecule has 0 aromatic rings. The van der Waals surface area contributed by atoms with Gasteiger partial charge in [-0.25, -0.2) is 0 Å². The van der Waals surface area contributed by atoms with Gasteiger partial charge in [0.2, 0.25) is 0 Å². The molecule has 1 fully saturated rings. The molecule has 0 aromatic carbocycles. The number of nitrogens with zero attached hydrogens (tertiary/aromatic N) is 1. The first kappa shape index (κ1) is 7.36. The number of nitrogens with one attached hydrogen (secondary N) is 1. The molecule has 0 saturated heterocycles. The smallest absolute Gasteiger partial charge is 0.176 e. The molecule has 3 nitrogen and oxygen atoms in total. The molecule has 1 unspecified atom stereocenters. The van der Waals surface area contributed by atoms with Gasteiger partial charge in [-0.05, 0) is 25.7 Å². The molecule has 0 radical (unpaired) electrons. The van der Waals surface area contributed by atoms with E-state index in [1.54, 1.807) is 13.1 Å². The van der Waals surface area contributed by atoms with Crippen LogP contribution in [-0.2, 0) is 0 Å². The predicted octanol–water partition coefficient (Wildman–Crippen LogP) is 0.218. The summed E-state index contributed by atoms with van der Waals surface area (Å²) in [4.78, 5) is 0. The van der Waals surface area contributed by atoms with E-state index in [1.165, 1.54) is 0 Å². The van der Waals surface area contributed by atoms with Gasteiger partial charge in [0.1, 0.15) is 0 Å². The molecule has 0 heterocycles. The molecule has 0 bridgehead atoms. The predicted molar refractivity (Wildman–Crippen MR) is 37.0 cm³/mol. The van der Waals surface area contributed by atoms with Crippen molar-refractivity contribution in [3.63, 3.8) is 0 Å². The zero-order chi connectivity index (χ0) is 7.61. The summed E-state index contributed by atoms with van der Waals surface area (Å²) < 4.78 is 0. The lowest BCUT2D eigenvalue weighted by atomic mass is 10.0. The maximum Gasteiger partial charge on any atom is 0.176 e. The van der Waals surface area contributed by atoms with E-state index in [9.17, 15) is 5.11 Å². The first-order valence-corrected chi connectivity index (χ1v) is 3.51.